The van der Waals surface area contributed by atoms with Crippen molar-refractivity contribution in [2.24, 2.45) is 0 Å². The fourth-order valence-electron chi connectivity index (χ4n) is 5.70. The van der Waals surface area contributed by atoms with Gasteiger partial charge in [0, 0.05) is 6.07 Å². The number of hydrogen-bond acceptors (Lipinski definition) is 17. The predicted molar refractivity (Wildman–Crippen MR) is 154 cm³/mol. The number of fused-ring (bicyclic) bond motifs is 2. The molecule has 2 saturated heterocycles. The minimum atomic E-state index is -1.85. The quantitative estimate of drug-likeness (QED) is 0.133. The van der Waals surface area contributed by atoms with Gasteiger partial charge in [-0.1, -0.05) is 6.07 Å². The molecule has 17 nitrogen and oxygen atoms in total. The molecule has 0 aliphatic carbocycles. The van der Waals surface area contributed by atoms with Crippen molar-refractivity contribution in [3.8, 4) is 39.9 Å². The number of benzene rings is 2. The van der Waals surface area contributed by atoms with E-state index in [9.17, 15) is 40.5 Å². The topological polar surface area (TPSA) is 246 Å². The highest BCUT2D eigenvalue weighted by Gasteiger charge is 2.51. The van der Waals surface area contributed by atoms with Crippen LogP contribution >= 0.6 is 0 Å². The largest absolute Gasteiger partial charge is 0.496 e. The Labute approximate surface area is 265 Å². The van der Waals surface area contributed by atoms with E-state index in [4.69, 9.17) is 42.3 Å². The number of aliphatic hydroxyl groups is 7. The minimum absolute atomic E-state index is 0.00413. The number of rotatable bonds is 9. The van der Waals surface area contributed by atoms with Crippen LogP contribution in [0.1, 0.15) is 0 Å². The van der Waals surface area contributed by atoms with Crippen molar-refractivity contribution in [3.63, 3.8) is 0 Å². The Morgan fingerprint density at radius 3 is 2.19 bits per heavy atom. The SMILES string of the molecule is COc1c(OC2OC(CO)C(O)C(OC3OC(CO)C(O)C(O)C3O)C2O)cc(OC)c2c(=O)c(-c3ccc4c(c3)OCO4)coc12. The van der Waals surface area contributed by atoms with E-state index in [0.717, 1.165) is 0 Å². The maximum Gasteiger partial charge on any atom is 0.231 e. The van der Waals surface area contributed by atoms with Crippen molar-refractivity contribution >= 4 is 11.0 Å². The van der Waals surface area contributed by atoms with Crippen LogP contribution in [0.4, 0.5) is 0 Å². The number of methoxy groups -OCH3 is 2. The lowest BCUT2D eigenvalue weighted by Gasteiger charge is -2.45. The molecule has 10 unspecified atom stereocenters. The third-order valence-electron chi connectivity index (χ3n) is 8.24. The zero-order valence-electron chi connectivity index (χ0n) is 25.0. The number of hydrogen-bond donors (Lipinski definition) is 7. The van der Waals surface area contributed by atoms with Gasteiger partial charge in [-0.25, -0.2) is 0 Å². The second-order valence-electron chi connectivity index (χ2n) is 11.0. The second-order valence-corrected chi connectivity index (χ2v) is 11.0. The second kappa shape index (κ2) is 13.4. The van der Waals surface area contributed by atoms with Crippen molar-refractivity contribution in [3.05, 3.63) is 40.8 Å². The molecule has 0 spiro atoms. The third kappa shape index (κ3) is 5.84. The summed E-state index contributed by atoms with van der Waals surface area (Å²) >= 11 is 0. The van der Waals surface area contributed by atoms with Gasteiger partial charge in [0.15, 0.2) is 29.1 Å². The first kappa shape index (κ1) is 33.2. The van der Waals surface area contributed by atoms with Crippen molar-refractivity contribution in [1.82, 2.24) is 0 Å². The third-order valence-corrected chi connectivity index (χ3v) is 8.24. The van der Waals surface area contributed by atoms with Gasteiger partial charge in [-0.3, -0.25) is 4.79 Å². The smallest absolute Gasteiger partial charge is 0.231 e. The van der Waals surface area contributed by atoms with E-state index in [2.05, 4.69) is 0 Å². The molecular formula is C30H34O17. The Bertz CT molecular complexity index is 1640. The summed E-state index contributed by atoms with van der Waals surface area (Å²) in [6.45, 7) is -1.46. The molecule has 17 heteroatoms. The summed E-state index contributed by atoms with van der Waals surface area (Å²) < 4.78 is 50.2. The van der Waals surface area contributed by atoms with Crippen LogP contribution in [-0.4, -0.2) is 131 Å². The van der Waals surface area contributed by atoms with E-state index in [1.807, 2.05) is 0 Å². The van der Waals surface area contributed by atoms with Crippen molar-refractivity contribution in [1.29, 1.82) is 0 Å². The molecule has 7 N–H and O–H groups in total. The zero-order valence-corrected chi connectivity index (χ0v) is 25.0. The molecule has 10 atom stereocenters. The van der Waals surface area contributed by atoms with Crippen molar-refractivity contribution < 1.29 is 78.1 Å². The number of ether oxygens (including phenoxy) is 8. The maximum absolute atomic E-state index is 13.8. The highest BCUT2D eigenvalue weighted by atomic mass is 16.7. The van der Waals surface area contributed by atoms with E-state index in [-0.39, 0.29) is 40.6 Å². The fraction of sp³-hybridized carbons (Fsp3) is 0.500. The first-order chi connectivity index (χ1) is 22.6. The molecule has 2 aromatic carbocycles. The van der Waals surface area contributed by atoms with Crippen molar-refractivity contribution in [2.75, 3.05) is 34.2 Å². The van der Waals surface area contributed by atoms with E-state index < -0.39 is 80.1 Å². The van der Waals surface area contributed by atoms with Crippen LogP contribution in [-0.2, 0) is 14.2 Å². The zero-order chi connectivity index (χ0) is 33.6. The summed E-state index contributed by atoms with van der Waals surface area (Å²) in [4.78, 5) is 13.8. The minimum Gasteiger partial charge on any atom is -0.496 e. The Hall–Kier alpha value is -3.75. The lowest BCUT2D eigenvalue weighted by atomic mass is 9.97. The molecule has 2 fully saturated rings. The molecule has 3 aliphatic heterocycles. The molecule has 0 bridgehead atoms. The summed E-state index contributed by atoms with van der Waals surface area (Å²) in [5.74, 6) is 0.763. The number of aliphatic hydroxyl groups excluding tert-OH is 7. The monoisotopic (exact) mass is 666 g/mol. The van der Waals surface area contributed by atoms with E-state index in [1.54, 1.807) is 18.2 Å². The first-order valence-electron chi connectivity index (χ1n) is 14.5. The summed E-state index contributed by atoms with van der Waals surface area (Å²) in [6.07, 6.45) is -15.4. The molecule has 0 amide bonds. The van der Waals surface area contributed by atoms with E-state index >= 15 is 0 Å². The highest BCUT2D eigenvalue weighted by molar-refractivity contribution is 5.93. The Balaban J connectivity index is 1.32. The van der Waals surface area contributed by atoms with Gasteiger partial charge in [-0.15, -0.1) is 0 Å². The molecule has 0 saturated carbocycles. The van der Waals surface area contributed by atoms with E-state index in [0.29, 0.717) is 17.1 Å². The van der Waals surface area contributed by atoms with Crippen LogP contribution in [0.25, 0.3) is 22.1 Å². The predicted octanol–water partition coefficient (Wildman–Crippen LogP) is -1.79. The average Bonchev–Trinajstić information content (AvgIpc) is 3.55. The molecule has 6 rings (SSSR count). The normalized spacial score (nSPS) is 31.9. The molecule has 47 heavy (non-hydrogen) atoms. The summed E-state index contributed by atoms with van der Waals surface area (Å²) in [7, 11) is 2.59. The first-order valence-corrected chi connectivity index (χ1v) is 14.5. The van der Waals surface area contributed by atoms with E-state index in [1.165, 1.54) is 26.5 Å². The standard InChI is InChI=1S/C30H34O17/c1-39-15-6-16(26(40-2)27-19(15)20(33)12(9-41-27)11-3-4-13-14(5-11)43-10-42-13)44-30-25(38)28(22(35)18(8-32)46-30)47-29-24(37)23(36)21(34)17(7-31)45-29/h3-6,9,17-18,21-25,28-32,34-38H,7-8,10H2,1-2H3. The fourth-order valence-corrected chi connectivity index (χ4v) is 5.70. The highest BCUT2D eigenvalue weighted by Crippen LogP contribution is 2.43. The summed E-state index contributed by atoms with van der Waals surface area (Å²) in [6, 6.07) is 6.27. The van der Waals surface area contributed by atoms with Gasteiger partial charge in [-0.2, -0.15) is 0 Å². The van der Waals surface area contributed by atoms with Gasteiger partial charge in [0.2, 0.25) is 24.3 Å². The molecule has 256 valence electrons. The summed E-state index contributed by atoms with van der Waals surface area (Å²) in [5, 5.41) is 72.2. The van der Waals surface area contributed by atoms with Crippen molar-refractivity contribution in [2.45, 2.75) is 61.4 Å². The Morgan fingerprint density at radius 1 is 0.787 bits per heavy atom. The van der Waals surface area contributed by atoms with Crippen LogP contribution in [0.5, 0.6) is 28.7 Å². The van der Waals surface area contributed by atoms with Crippen LogP contribution in [0, 0.1) is 0 Å². The lowest BCUT2D eigenvalue weighted by molar-refractivity contribution is -0.352. The molecule has 4 heterocycles. The maximum atomic E-state index is 13.8. The molecule has 3 aromatic rings. The van der Waals surface area contributed by atoms with Gasteiger partial charge >= 0.3 is 0 Å². The van der Waals surface area contributed by atoms with Crippen LogP contribution in [0.15, 0.2) is 39.7 Å². The average molecular weight is 667 g/mol. The van der Waals surface area contributed by atoms with Crippen LogP contribution in [0.2, 0.25) is 0 Å². The molecule has 1 aromatic heterocycles. The molecule has 0 radical (unpaired) electrons. The van der Waals surface area contributed by atoms with Gasteiger partial charge in [0.05, 0.1) is 33.0 Å². The van der Waals surface area contributed by atoms with Crippen LogP contribution < -0.4 is 29.1 Å². The summed E-state index contributed by atoms with van der Waals surface area (Å²) in [5.41, 5.74) is 0.125. The molecular weight excluding hydrogens is 632 g/mol. The van der Waals surface area contributed by atoms with Gasteiger partial charge < -0.3 is 78.1 Å². The Kier molecular flexibility index (Phi) is 9.45. The van der Waals surface area contributed by atoms with Gasteiger partial charge in [0.1, 0.15) is 66.2 Å². The lowest BCUT2D eigenvalue weighted by Crippen LogP contribution is -2.65. The van der Waals surface area contributed by atoms with Crippen LogP contribution in [0.3, 0.4) is 0 Å². The van der Waals surface area contributed by atoms with Gasteiger partial charge in [0.25, 0.3) is 0 Å². The Morgan fingerprint density at radius 2 is 1.49 bits per heavy atom. The van der Waals surface area contributed by atoms with Gasteiger partial charge in [-0.05, 0) is 17.7 Å². The molecule has 3 aliphatic rings.